The summed E-state index contributed by atoms with van der Waals surface area (Å²) in [5, 5.41) is 0. The fourth-order valence-corrected chi connectivity index (χ4v) is 2.22. The molecular weight excluding hydrogens is 359 g/mol. The fourth-order valence-electron chi connectivity index (χ4n) is 1.77. The van der Waals surface area contributed by atoms with E-state index in [4.69, 9.17) is 0 Å². The van der Waals surface area contributed by atoms with E-state index in [0.29, 0.717) is 10.0 Å². The van der Waals surface area contributed by atoms with Crippen LogP contribution in [0.5, 0.6) is 0 Å². The standard InChI is InChI=1S/C14H6BrF5O/c15-7-3-1-2-6(4-7)5-8(21)9-10(16)12(18)14(20)13(19)11(9)17/h1-4H,5H2. The predicted octanol–water partition coefficient (Wildman–Crippen LogP) is 4.57. The average molecular weight is 365 g/mol. The second-order valence-corrected chi connectivity index (χ2v) is 5.09. The van der Waals surface area contributed by atoms with Crippen LogP contribution in [0.25, 0.3) is 0 Å². The third-order valence-corrected chi connectivity index (χ3v) is 3.24. The number of benzene rings is 2. The Morgan fingerprint density at radius 2 is 1.43 bits per heavy atom. The van der Waals surface area contributed by atoms with Crippen molar-refractivity contribution < 1.29 is 26.7 Å². The Hall–Kier alpha value is -1.76. The number of Topliss-reactive ketones (excluding diaryl/α,β-unsaturated/α-hetero) is 1. The summed E-state index contributed by atoms with van der Waals surface area (Å²) in [5.74, 6) is -12.0. The lowest BCUT2D eigenvalue weighted by Crippen LogP contribution is -2.14. The van der Waals surface area contributed by atoms with Crippen LogP contribution in [-0.2, 0) is 6.42 Å². The van der Waals surface area contributed by atoms with Gasteiger partial charge in [-0.05, 0) is 17.7 Å². The van der Waals surface area contributed by atoms with Gasteiger partial charge in [0.05, 0.1) is 5.56 Å². The predicted molar refractivity (Wildman–Crippen MR) is 68.4 cm³/mol. The van der Waals surface area contributed by atoms with Gasteiger partial charge >= 0.3 is 0 Å². The molecule has 2 aromatic carbocycles. The van der Waals surface area contributed by atoms with Gasteiger partial charge in [-0.2, -0.15) is 0 Å². The Balaban J connectivity index is 2.45. The van der Waals surface area contributed by atoms with Crippen molar-refractivity contribution in [2.45, 2.75) is 6.42 Å². The molecule has 0 fully saturated rings. The molecule has 1 nitrogen and oxygen atoms in total. The molecule has 0 spiro atoms. The van der Waals surface area contributed by atoms with Crippen molar-refractivity contribution in [1.82, 2.24) is 0 Å². The molecule has 0 amide bonds. The molecule has 0 saturated heterocycles. The minimum absolute atomic E-state index is 0.373. The summed E-state index contributed by atoms with van der Waals surface area (Å²) in [4.78, 5) is 11.8. The maximum Gasteiger partial charge on any atom is 0.200 e. The Labute approximate surface area is 124 Å². The van der Waals surface area contributed by atoms with Crippen LogP contribution in [0, 0.1) is 29.1 Å². The third-order valence-electron chi connectivity index (χ3n) is 2.74. The van der Waals surface area contributed by atoms with E-state index in [0.717, 1.165) is 0 Å². The second kappa shape index (κ2) is 5.93. The van der Waals surface area contributed by atoms with Crippen molar-refractivity contribution >= 4 is 21.7 Å². The third kappa shape index (κ3) is 2.97. The van der Waals surface area contributed by atoms with Gasteiger partial charge < -0.3 is 0 Å². The lowest BCUT2D eigenvalue weighted by atomic mass is 10.0. The molecule has 0 saturated carbocycles. The largest absolute Gasteiger partial charge is 0.294 e. The van der Waals surface area contributed by atoms with Crippen molar-refractivity contribution in [2.24, 2.45) is 0 Å². The summed E-state index contributed by atoms with van der Waals surface area (Å²) in [6.07, 6.45) is -0.488. The molecule has 0 bridgehead atoms. The van der Waals surface area contributed by atoms with Crippen molar-refractivity contribution in [1.29, 1.82) is 0 Å². The highest BCUT2D eigenvalue weighted by Gasteiger charge is 2.29. The lowest BCUT2D eigenvalue weighted by molar-refractivity contribution is 0.0981. The fraction of sp³-hybridized carbons (Fsp3) is 0.0714. The molecule has 2 aromatic rings. The van der Waals surface area contributed by atoms with Gasteiger partial charge in [0, 0.05) is 10.9 Å². The van der Waals surface area contributed by atoms with Crippen molar-refractivity contribution in [2.75, 3.05) is 0 Å². The van der Waals surface area contributed by atoms with E-state index in [1.807, 2.05) is 0 Å². The molecule has 0 atom stereocenters. The van der Waals surface area contributed by atoms with Crippen molar-refractivity contribution in [3.63, 3.8) is 0 Å². The van der Waals surface area contributed by atoms with Crippen LogP contribution in [0.15, 0.2) is 28.7 Å². The second-order valence-electron chi connectivity index (χ2n) is 4.17. The summed E-state index contributed by atoms with van der Waals surface area (Å²) in [6.45, 7) is 0. The zero-order valence-corrected chi connectivity index (χ0v) is 11.8. The molecule has 0 aromatic heterocycles. The smallest absolute Gasteiger partial charge is 0.200 e. The Bertz CT molecular complexity index is 701. The van der Waals surface area contributed by atoms with Crippen LogP contribution in [0.2, 0.25) is 0 Å². The maximum atomic E-state index is 13.5. The quantitative estimate of drug-likeness (QED) is 0.337. The first-order chi connectivity index (χ1) is 9.82. The average Bonchev–Trinajstić information content (AvgIpc) is 2.43. The van der Waals surface area contributed by atoms with Gasteiger partial charge in [-0.25, -0.2) is 22.0 Å². The molecule has 0 aliphatic rings. The van der Waals surface area contributed by atoms with Gasteiger partial charge in [0.25, 0.3) is 0 Å². The van der Waals surface area contributed by atoms with Gasteiger partial charge in [-0.3, -0.25) is 4.79 Å². The van der Waals surface area contributed by atoms with Gasteiger partial charge in [-0.15, -0.1) is 0 Å². The molecule has 0 unspecified atom stereocenters. The first-order valence-corrected chi connectivity index (χ1v) is 6.41. The van der Waals surface area contributed by atoms with Gasteiger partial charge in [0.15, 0.2) is 29.1 Å². The summed E-state index contributed by atoms with van der Waals surface area (Å²) < 4.78 is 66.6. The lowest BCUT2D eigenvalue weighted by Gasteiger charge is -2.07. The highest BCUT2D eigenvalue weighted by Crippen LogP contribution is 2.24. The number of carbonyl (C=O) groups excluding carboxylic acids is 1. The van der Waals surface area contributed by atoms with E-state index in [2.05, 4.69) is 15.9 Å². The van der Waals surface area contributed by atoms with E-state index in [1.165, 1.54) is 12.1 Å². The number of hydrogen-bond donors (Lipinski definition) is 0. The van der Waals surface area contributed by atoms with Crippen molar-refractivity contribution in [3.05, 3.63) is 69.0 Å². The molecular formula is C14H6BrF5O. The summed E-state index contributed by atoms with van der Waals surface area (Å²) in [5.41, 5.74) is -1.05. The first-order valence-electron chi connectivity index (χ1n) is 5.62. The summed E-state index contributed by atoms with van der Waals surface area (Å²) >= 11 is 3.14. The van der Waals surface area contributed by atoms with Gasteiger partial charge in [0.2, 0.25) is 5.82 Å². The molecule has 0 radical (unpaired) electrons. The van der Waals surface area contributed by atoms with E-state index >= 15 is 0 Å². The number of ketones is 1. The summed E-state index contributed by atoms with van der Waals surface area (Å²) in [7, 11) is 0. The molecule has 0 aliphatic carbocycles. The highest BCUT2D eigenvalue weighted by atomic mass is 79.9. The molecule has 2 rings (SSSR count). The van der Waals surface area contributed by atoms with Crippen LogP contribution >= 0.6 is 15.9 Å². The topological polar surface area (TPSA) is 17.1 Å². The van der Waals surface area contributed by atoms with Crippen LogP contribution in [0.4, 0.5) is 22.0 Å². The van der Waals surface area contributed by atoms with Crippen LogP contribution in [0.3, 0.4) is 0 Å². The molecule has 0 aliphatic heterocycles. The van der Waals surface area contributed by atoms with Crippen LogP contribution < -0.4 is 0 Å². The molecule has 7 heteroatoms. The maximum absolute atomic E-state index is 13.5. The Morgan fingerprint density at radius 3 is 1.95 bits per heavy atom. The van der Waals surface area contributed by atoms with E-state index in [9.17, 15) is 26.7 Å². The van der Waals surface area contributed by atoms with E-state index in [1.54, 1.807) is 12.1 Å². The van der Waals surface area contributed by atoms with Crippen LogP contribution in [-0.4, -0.2) is 5.78 Å². The summed E-state index contributed by atoms with van der Waals surface area (Å²) in [6, 6.07) is 6.23. The number of carbonyl (C=O) groups is 1. The van der Waals surface area contributed by atoms with Gasteiger partial charge in [0.1, 0.15) is 0 Å². The number of halogens is 6. The Kier molecular flexibility index (Phi) is 4.41. The Morgan fingerprint density at radius 1 is 0.905 bits per heavy atom. The van der Waals surface area contributed by atoms with E-state index in [-0.39, 0.29) is 0 Å². The zero-order valence-electron chi connectivity index (χ0n) is 10.2. The molecule has 0 N–H and O–H groups in total. The molecule has 110 valence electrons. The van der Waals surface area contributed by atoms with E-state index < -0.39 is 46.9 Å². The molecule has 21 heavy (non-hydrogen) atoms. The zero-order chi connectivity index (χ0) is 15.7. The SMILES string of the molecule is O=C(Cc1cccc(Br)c1)c1c(F)c(F)c(F)c(F)c1F. The minimum atomic E-state index is -2.29. The van der Waals surface area contributed by atoms with Crippen LogP contribution in [0.1, 0.15) is 15.9 Å². The first kappa shape index (κ1) is 15.6. The van der Waals surface area contributed by atoms with Gasteiger partial charge in [-0.1, -0.05) is 28.1 Å². The monoisotopic (exact) mass is 364 g/mol. The minimum Gasteiger partial charge on any atom is -0.294 e. The molecule has 0 heterocycles. The normalized spacial score (nSPS) is 10.8. The number of hydrogen-bond acceptors (Lipinski definition) is 1. The number of rotatable bonds is 3. The van der Waals surface area contributed by atoms with Crippen molar-refractivity contribution in [3.8, 4) is 0 Å². The highest BCUT2D eigenvalue weighted by molar-refractivity contribution is 9.10.